The quantitative estimate of drug-likeness (QED) is 0.379. The molecule has 39 heavy (non-hydrogen) atoms. The molecule has 2 amide bonds. The van der Waals surface area contributed by atoms with Gasteiger partial charge in [0, 0.05) is 18.7 Å². The van der Waals surface area contributed by atoms with Crippen LogP contribution < -0.4 is 10.2 Å². The molecular formula is C26H27F5N4O3S. The van der Waals surface area contributed by atoms with Crippen molar-refractivity contribution in [2.24, 2.45) is 4.99 Å². The zero-order chi connectivity index (χ0) is 28.0. The summed E-state index contributed by atoms with van der Waals surface area (Å²) in [7, 11) is -4.44. The number of benzene rings is 2. The lowest BCUT2D eigenvalue weighted by molar-refractivity contribution is -0.137. The topological polar surface area (TPSA) is 88.1 Å². The molecule has 2 aromatic carbocycles. The van der Waals surface area contributed by atoms with E-state index < -0.39 is 50.2 Å². The number of amides is 2. The van der Waals surface area contributed by atoms with Crippen molar-refractivity contribution in [1.29, 1.82) is 0 Å². The van der Waals surface area contributed by atoms with Gasteiger partial charge in [-0.3, -0.25) is 15.2 Å². The van der Waals surface area contributed by atoms with Crippen LogP contribution in [0, 0.1) is 11.6 Å². The van der Waals surface area contributed by atoms with Gasteiger partial charge in [-0.25, -0.2) is 13.6 Å². The SMILES string of the molecule is O=C1NC(=NC2CCCCC2)C2(CCCN([S+](=O)([O-])c3cccc(C(F)(F)F)c3)C2)N1c1cc(F)cc(F)c1. The minimum atomic E-state index is -4.74. The Morgan fingerprint density at radius 1 is 1.03 bits per heavy atom. The van der Waals surface area contributed by atoms with Crippen LogP contribution in [0.2, 0.25) is 0 Å². The third kappa shape index (κ3) is 5.31. The maximum Gasteiger partial charge on any atom is 0.416 e. The summed E-state index contributed by atoms with van der Waals surface area (Å²) in [4.78, 5) is 18.7. The second-order valence-electron chi connectivity index (χ2n) is 10.2. The number of nitrogens with one attached hydrogen (secondary N) is 1. The van der Waals surface area contributed by atoms with Gasteiger partial charge in [-0.1, -0.05) is 29.5 Å². The van der Waals surface area contributed by atoms with Crippen molar-refractivity contribution < 1.29 is 35.5 Å². The number of anilines is 1. The van der Waals surface area contributed by atoms with E-state index >= 15 is 0 Å². The Morgan fingerprint density at radius 2 is 1.72 bits per heavy atom. The van der Waals surface area contributed by atoms with E-state index in [1.165, 1.54) is 0 Å². The predicted molar refractivity (Wildman–Crippen MR) is 134 cm³/mol. The number of amidine groups is 1. The van der Waals surface area contributed by atoms with Gasteiger partial charge in [-0.15, -0.1) is 4.31 Å². The second-order valence-corrected chi connectivity index (χ2v) is 12.1. The smallest absolute Gasteiger partial charge is 0.416 e. The van der Waals surface area contributed by atoms with Crippen LogP contribution in [0.25, 0.3) is 0 Å². The first-order chi connectivity index (χ1) is 18.4. The average Bonchev–Trinajstić information content (AvgIpc) is 3.13. The van der Waals surface area contributed by atoms with Crippen molar-refractivity contribution in [2.75, 3.05) is 18.0 Å². The molecule has 3 aliphatic rings. The number of rotatable bonds is 4. The van der Waals surface area contributed by atoms with Crippen LogP contribution in [-0.2, 0) is 20.8 Å². The number of urea groups is 1. The molecule has 2 aromatic rings. The van der Waals surface area contributed by atoms with E-state index in [2.05, 4.69) is 5.32 Å². The van der Waals surface area contributed by atoms with Gasteiger partial charge in [-0.2, -0.15) is 13.2 Å². The van der Waals surface area contributed by atoms with Gasteiger partial charge in [0.15, 0.2) is 15.3 Å². The van der Waals surface area contributed by atoms with Crippen LogP contribution in [-0.4, -0.2) is 45.4 Å². The summed E-state index contributed by atoms with van der Waals surface area (Å²) in [6.45, 7) is -0.370. The van der Waals surface area contributed by atoms with Crippen molar-refractivity contribution in [1.82, 2.24) is 9.62 Å². The Balaban J connectivity index is 1.58. The summed E-state index contributed by atoms with van der Waals surface area (Å²) in [5.41, 5.74) is -2.65. The van der Waals surface area contributed by atoms with Crippen molar-refractivity contribution in [2.45, 2.75) is 67.6 Å². The van der Waals surface area contributed by atoms with Crippen LogP contribution in [0.15, 0.2) is 52.4 Å². The zero-order valence-electron chi connectivity index (χ0n) is 20.8. The molecule has 0 bridgehead atoms. The number of aliphatic imine (C=N–C) groups is 1. The summed E-state index contributed by atoms with van der Waals surface area (Å²) >= 11 is 0. The van der Waals surface area contributed by atoms with Crippen LogP contribution in [0.3, 0.4) is 0 Å². The molecule has 2 saturated heterocycles. The minimum Gasteiger partial charge on any atom is -0.593 e. The lowest BCUT2D eigenvalue weighted by atomic mass is 9.87. The molecule has 2 unspecified atom stereocenters. The normalized spacial score (nSPS) is 25.7. The molecule has 2 heterocycles. The standard InChI is InChI=1S/C26H27F5N4O3S/c27-18-13-19(28)15-21(14-18)35-24(36)33-23(32-20-7-2-1-3-8-20)25(35)10-5-11-34(16-25)39(37,38)22-9-4-6-17(12-22)26(29,30)31/h4,6,9,12-15,20H,1-3,5,7-8,10-11,16H2,(H-,32,33,36,37,38). The number of piperidine rings is 1. The van der Waals surface area contributed by atoms with Gasteiger partial charge in [0.25, 0.3) is 0 Å². The van der Waals surface area contributed by atoms with E-state index in [0.717, 1.165) is 71.6 Å². The van der Waals surface area contributed by atoms with E-state index in [9.17, 15) is 35.5 Å². The molecule has 1 spiro atoms. The molecule has 0 aromatic heterocycles. The van der Waals surface area contributed by atoms with Gasteiger partial charge < -0.3 is 4.55 Å². The van der Waals surface area contributed by atoms with Crippen molar-refractivity contribution in [3.05, 3.63) is 59.7 Å². The fourth-order valence-electron chi connectivity index (χ4n) is 5.71. The highest BCUT2D eigenvalue weighted by atomic mass is 32.3. The Morgan fingerprint density at radius 3 is 2.38 bits per heavy atom. The Bertz CT molecular complexity index is 1330. The molecule has 7 nitrogen and oxygen atoms in total. The molecule has 13 heteroatoms. The number of carbonyl (C=O) groups excluding carboxylic acids is 1. The maximum atomic E-state index is 14.2. The van der Waals surface area contributed by atoms with E-state index in [1.807, 2.05) is 0 Å². The fraction of sp³-hybridized carbons (Fsp3) is 0.462. The fourth-order valence-corrected chi connectivity index (χ4v) is 7.29. The van der Waals surface area contributed by atoms with Crippen molar-refractivity contribution in [3.63, 3.8) is 0 Å². The van der Waals surface area contributed by atoms with E-state index in [-0.39, 0.29) is 43.5 Å². The molecule has 2 atom stereocenters. The first-order valence-corrected chi connectivity index (χ1v) is 14.2. The first kappa shape index (κ1) is 27.7. The molecule has 2 aliphatic heterocycles. The minimum absolute atomic E-state index is 0.0173. The number of alkyl halides is 3. The lowest BCUT2D eigenvalue weighted by Gasteiger charge is -2.44. The van der Waals surface area contributed by atoms with Crippen LogP contribution >= 0.6 is 0 Å². The number of hydrogen-bond acceptors (Lipinski definition) is 4. The van der Waals surface area contributed by atoms with Gasteiger partial charge in [0.1, 0.15) is 23.0 Å². The Labute approximate surface area is 223 Å². The first-order valence-electron chi connectivity index (χ1n) is 12.7. The van der Waals surface area contributed by atoms with Gasteiger partial charge in [-0.05, 0) is 49.9 Å². The molecule has 0 radical (unpaired) electrons. The van der Waals surface area contributed by atoms with Crippen LogP contribution in [0.4, 0.5) is 32.4 Å². The molecule has 5 rings (SSSR count). The molecule has 3 fully saturated rings. The summed E-state index contributed by atoms with van der Waals surface area (Å²) in [6, 6.07) is 5.25. The Kier molecular flexibility index (Phi) is 7.27. The third-order valence-electron chi connectivity index (χ3n) is 7.52. The summed E-state index contributed by atoms with van der Waals surface area (Å²) < 4.78 is 96.7. The highest BCUT2D eigenvalue weighted by molar-refractivity contribution is 7.95. The van der Waals surface area contributed by atoms with Gasteiger partial charge >= 0.3 is 12.2 Å². The largest absolute Gasteiger partial charge is 0.593 e. The predicted octanol–water partition coefficient (Wildman–Crippen LogP) is 5.68. The molecular weight excluding hydrogens is 543 g/mol. The zero-order valence-corrected chi connectivity index (χ0v) is 21.7. The lowest BCUT2D eigenvalue weighted by Crippen LogP contribution is -2.62. The number of hydrogen-bond donors (Lipinski definition) is 1. The van der Waals surface area contributed by atoms with Gasteiger partial charge in [0.2, 0.25) is 0 Å². The number of nitrogens with zero attached hydrogens (tertiary/aromatic N) is 3. The molecule has 1 saturated carbocycles. The van der Waals surface area contributed by atoms with Crippen molar-refractivity contribution in [3.8, 4) is 0 Å². The number of carbonyl (C=O) groups is 1. The summed E-state index contributed by atoms with van der Waals surface area (Å²) in [5, 5.41) is 2.71. The number of sulfonamides is 1. The van der Waals surface area contributed by atoms with E-state index in [4.69, 9.17) is 4.99 Å². The van der Waals surface area contributed by atoms with Crippen molar-refractivity contribution >= 4 is 28.0 Å². The van der Waals surface area contributed by atoms with E-state index in [1.54, 1.807) is 0 Å². The molecule has 1 N–H and O–H groups in total. The summed E-state index contributed by atoms with van der Waals surface area (Å²) in [5.74, 6) is -1.64. The monoisotopic (exact) mass is 570 g/mol. The third-order valence-corrected chi connectivity index (χ3v) is 9.37. The van der Waals surface area contributed by atoms with Gasteiger partial charge in [0.05, 0.1) is 23.8 Å². The van der Waals surface area contributed by atoms with E-state index in [0.29, 0.717) is 12.1 Å². The average molecular weight is 571 g/mol. The molecule has 210 valence electrons. The Hall–Kier alpha value is -2.90. The molecule has 1 aliphatic carbocycles. The highest BCUT2D eigenvalue weighted by Gasteiger charge is 2.57. The maximum absolute atomic E-state index is 14.2. The second kappa shape index (κ2) is 10.3. The van der Waals surface area contributed by atoms with Crippen LogP contribution in [0.5, 0.6) is 0 Å². The highest BCUT2D eigenvalue weighted by Crippen LogP contribution is 2.41. The number of halogens is 5. The summed E-state index contributed by atoms with van der Waals surface area (Å²) in [6.07, 6.45) is 0.196. The van der Waals surface area contributed by atoms with Crippen LogP contribution in [0.1, 0.15) is 50.5 Å².